The fourth-order valence-corrected chi connectivity index (χ4v) is 2.08. The molecule has 4 nitrogen and oxygen atoms in total. The summed E-state index contributed by atoms with van der Waals surface area (Å²) in [6.45, 7) is 0. The number of rotatable bonds is 2. The molecule has 1 aromatic heterocycles. The molecular formula is C11H12BrN3O. The van der Waals surface area contributed by atoms with E-state index in [0.717, 1.165) is 21.7 Å². The Hall–Kier alpha value is -1.07. The molecule has 1 aromatic rings. The van der Waals surface area contributed by atoms with E-state index >= 15 is 0 Å². The molecule has 1 saturated carbocycles. The number of aromatic nitrogens is 1. The summed E-state index contributed by atoms with van der Waals surface area (Å²) >= 11 is 3.41. The second-order valence-corrected chi connectivity index (χ2v) is 5.03. The molecule has 0 spiro atoms. The van der Waals surface area contributed by atoms with Crippen molar-refractivity contribution < 1.29 is 4.42 Å². The van der Waals surface area contributed by atoms with Crippen LogP contribution < -0.4 is 11.1 Å². The zero-order valence-electron chi connectivity index (χ0n) is 8.61. The van der Waals surface area contributed by atoms with Crippen LogP contribution in [0.25, 0.3) is 5.57 Å². The highest BCUT2D eigenvalue weighted by Gasteiger charge is 2.29. The van der Waals surface area contributed by atoms with Gasteiger partial charge < -0.3 is 15.5 Å². The van der Waals surface area contributed by atoms with E-state index in [-0.39, 0.29) is 6.17 Å². The zero-order chi connectivity index (χ0) is 11.1. The number of nitrogens with one attached hydrogen (secondary N) is 1. The highest BCUT2D eigenvalue weighted by atomic mass is 79.9. The van der Waals surface area contributed by atoms with Crippen LogP contribution in [0.1, 0.15) is 30.4 Å². The molecule has 0 bridgehead atoms. The molecule has 1 fully saturated rings. The molecule has 1 unspecified atom stereocenters. The van der Waals surface area contributed by atoms with E-state index in [0.29, 0.717) is 5.92 Å². The average Bonchev–Trinajstić information content (AvgIpc) is 3.01. The zero-order valence-corrected chi connectivity index (χ0v) is 10.2. The smallest absolute Gasteiger partial charge is 0.197 e. The Kier molecular flexibility index (Phi) is 2.37. The Balaban J connectivity index is 1.92. The van der Waals surface area contributed by atoms with Gasteiger partial charge in [-0.15, -0.1) is 0 Å². The summed E-state index contributed by atoms with van der Waals surface area (Å²) in [5.41, 5.74) is 6.87. The van der Waals surface area contributed by atoms with Gasteiger partial charge in [0.1, 0.15) is 6.17 Å². The number of nitrogens with zero attached hydrogens (tertiary/aromatic N) is 1. The van der Waals surface area contributed by atoms with Gasteiger partial charge >= 0.3 is 0 Å². The third kappa shape index (κ3) is 1.81. The summed E-state index contributed by atoms with van der Waals surface area (Å²) in [6.07, 6.45) is 7.68. The van der Waals surface area contributed by atoms with Crippen LogP contribution in [0.15, 0.2) is 27.4 Å². The Morgan fingerprint density at radius 1 is 1.50 bits per heavy atom. The Morgan fingerprint density at radius 2 is 2.31 bits per heavy atom. The molecule has 0 aromatic carbocycles. The molecule has 2 heterocycles. The van der Waals surface area contributed by atoms with Crippen LogP contribution in [0.5, 0.6) is 0 Å². The van der Waals surface area contributed by atoms with Crippen LogP contribution in [0.2, 0.25) is 0 Å². The molecule has 0 saturated heterocycles. The first-order chi connectivity index (χ1) is 7.74. The van der Waals surface area contributed by atoms with Crippen LogP contribution in [0.3, 0.4) is 0 Å². The quantitative estimate of drug-likeness (QED) is 0.871. The molecule has 3 rings (SSSR count). The normalized spacial score (nSPS) is 24.8. The summed E-state index contributed by atoms with van der Waals surface area (Å²) in [6, 6.07) is 0. The Labute approximate surface area is 102 Å². The number of halogens is 1. The van der Waals surface area contributed by atoms with Crippen molar-refractivity contribution in [1.29, 1.82) is 0 Å². The van der Waals surface area contributed by atoms with Gasteiger partial charge in [-0.05, 0) is 34.8 Å². The number of hydrogen-bond donors (Lipinski definition) is 2. The van der Waals surface area contributed by atoms with Gasteiger partial charge in [0.25, 0.3) is 0 Å². The number of hydrogen-bond acceptors (Lipinski definition) is 4. The van der Waals surface area contributed by atoms with Crippen LogP contribution in [0.4, 0.5) is 0 Å². The number of nitrogens with two attached hydrogens (primary N) is 1. The minimum Gasteiger partial charge on any atom is -0.441 e. The third-order valence-electron chi connectivity index (χ3n) is 2.76. The van der Waals surface area contributed by atoms with E-state index in [2.05, 4.69) is 26.2 Å². The van der Waals surface area contributed by atoms with Crippen molar-refractivity contribution >= 4 is 21.5 Å². The van der Waals surface area contributed by atoms with E-state index in [1.807, 2.05) is 12.3 Å². The first kappa shape index (κ1) is 10.1. The molecule has 16 heavy (non-hydrogen) atoms. The topological polar surface area (TPSA) is 64.1 Å². The van der Waals surface area contributed by atoms with E-state index in [1.54, 1.807) is 6.20 Å². The molecule has 1 aliphatic heterocycles. The second-order valence-electron chi connectivity index (χ2n) is 4.11. The van der Waals surface area contributed by atoms with Gasteiger partial charge in [-0.2, -0.15) is 0 Å². The fraction of sp³-hybridized carbons (Fsp3) is 0.364. The summed E-state index contributed by atoms with van der Waals surface area (Å²) in [5, 5.41) is 3.05. The predicted molar refractivity (Wildman–Crippen MR) is 64.6 cm³/mol. The van der Waals surface area contributed by atoms with Gasteiger partial charge in [-0.1, -0.05) is 0 Å². The molecule has 84 valence electrons. The first-order valence-electron chi connectivity index (χ1n) is 5.29. The summed E-state index contributed by atoms with van der Waals surface area (Å²) in [7, 11) is 0. The molecule has 0 radical (unpaired) electrons. The van der Waals surface area contributed by atoms with Crippen molar-refractivity contribution in [3.05, 3.63) is 34.6 Å². The predicted octanol–water partition coefficient (Wildman–Crippen LogP) is 2.06. The maximum atomic E-state index is 5.94. The number of allylic oxidation sites excluding steroid dienone is 2. The minimum absolute atomic E-state index is 0.235. The molecule has 0 amide bonds. The molecule has 3 N–H and O–H groups in total. The molecule has 1 atom stereocenters. The van der Waals surface area contributed by atoms with Gasteiger partial charge in [-0.3, -0.25) is 0 Å². The van der Waals surface area contributed by atoms with E-state index in [9.17, 15) is 0 Å². The molecule has 2 aliphatic rings. The highest BCUT2D eigenvalue weighted by molar-refractivity contribution is 9.11. The van der Waals surface area contributed by atoms with Gasteiger partial charge in [0.2, 0.25) is 0 Å². The first-order valence-corrected chi connectivity index (χ1v) is 6.08. The second kappa shape index (κ2) is 3.75. The van der Waals surface area contributed by atoms with E-state index in [4.69, 9.17) is 10.2 Å². The van der Waals surface area contributed by atoms with Crippen molar-refractivity contribution in [3.63, 3.8) is 0 Å². The van der Waals surface area contributed by atoms with E-state index in [1.165, 1.54) is 12.8 Å². The van der Waals surface area contributed by atoms with Gasteiger partial charge in [0.05, 0.1) is 6.20 Å². The van der Waals surface area contributed by atoms with E-state index < -0.39 is 0 Å². The lowest BCUT2D eigenvalue weighted by molar-refractivity contribution is 0.481. The fourth-order valence-electron chi connectivity index (χ4n) is 1.70. The van der Waals surface area contributed by atoms with Gasteiger partial charge in [-0.25, -0.2) is 4.98 Å². The van der Waals surface area contributed by atoms with Gasteiger partial charge in [0.15, 0.2) is 11.7 Å². The number of dihydropyridines is 1. The highest BCUT2D eigenvalue weighted by Crippen LogP contribution is 2.40. The third-order valence-corrected chi connectivity index (χ3v) is 3.22. The van der Waals surface area contributed by atoms with Crippen molar-refractivity contribution in [3.8, 4) is 0 Å². The summed E-state index contributed by atoms with van der Waals surface area (Å²) < 4.78 is 6.67. The van der Waals surface area contributed by atoms with Gasteiger partial charge in [0, 0.05) is 22.2 Å². The summed E-state index contributed by atoms with van der Waals surface area (Å²) in [4.78, 5) is 4.29. The van der Waals surface area contributed by atoms with Crippen LogP contribution in [-0.2, 0) is 0 Å². The molecular weight excluding hydrogens is 270 g/mol. The molecule has 1 aliphatic carbocycles. The minimum atomic E-state index is -0.235. The SMILES string of the molecule is NC1NC=C(Br)C=C1c1cnc(C2CC2)o1. The van der Waals surface area contributed by atoms with Crippen molar-refractivity contribution in [2.24, 2.45) is 5.73 Å². The monoisotopic (exact) mass is 281 g/mol. The standard InChI is InChI=1S/C11H12BrN3O/c12-7-3-8(10(13)14-4-7)9-5-15-11(16-9)6-1-2-6/h3-6,10,14H,1-2,13H2. The number of oxazole rings is 1. The van der Waals surface area contributed by atoms with Crippen LogP contribution in [-0.4, -0.2) is 11.1 Å². The lowest BCUT2D eigenvalue weighted by Gasteiger charge is -2.18. The van der Waals surface area contributed by atoms with Crippen molar-refractivity contribution in [1.82, 2.24) is 10.3 Å². The maximum absolute atomic E-state index is 5.94. The molecule has 5 heteroatoms. The van der Waals surface area contributed by atoms with Crippen LogP contribution >= 0.6 is 15.9 Å². The Morgan fingerprint density at radius 3 is 3.06 bits per heavy atom. The summed E-state index contributed by atoms with van der Waals surface area (Å²) in [5.74, 6) is 2.13. The Bertz CT molecular complexity index is 473. The van der Waals surface area contributed by atoms with Crippen molar-refractivity contribution in [2.45, 2.75) is 24.9 Å². The lowest BCUT2D eigenvalue weighted by Crippen LogP contribution is -2.36. The largest absolute Gasteiger partial charge is 0.441 e. The van der Waals surface area contributed by atoms with Crippen LogP contribution in [0, 0.1) is 0 Å². The lowest BCUT2D eigenvalue weighted by atomic mass is 10.1. The maximum Gasteiger partial charge on any atom is 0.197 e. The average molecular weight is 282 g/mol. The van der Waals surface area contributed by atoms with Crippen molar-refractivity contribution in [2.75, 3.05) is 0 Å².